The first-order valence-electron chi connectivity index (χ1n) is 7.28. The standard InChI is InChI=1S/C15H21N3O2/c1-10(19)18-15-6-12(15)4-11-5-14(8-16-7-11)20-9-13-2-3-17-13/h5,7-8,12-13,15,17H,2-4,6,9H2,1H3,(H,18,19). The molecule has 1 amide bonds. The first-order valence-corrected chi connectivity index (χ1v) is 7.28. The quantitative estimate of drug-likeness (QED) is 0.809. The summed E-state index contributed by atoms with van der Waals surface area (Å²) in [6.07, 6.45) is 6.86. The van der Waals surface area contributed by atoms with Crippen molar-refractivity contribution in [1.29, 1.82) is 0 Å². The van der Waals surface area contributed by atoms with Gasteiger partial charge in [-0.05, 0) is 43.4 Å². The van der Waals surface area contributed by atoms with Gasteiger partial charge < -0.3 is 15.4 Å². The number of aromatic nitrogens is 1. The lowest BCUT2D eigenvalue weighted by Gasteiger charge is -2.27. The summed E-state index contributed by atoms with van der Waals surface area (Å²) in [6.45, 7) is 3.38. The number of nitrogens with one attached hydrogen (secondary N) is 2. The molecule has 1 aliphatic heterocycles. The van der Waals surface area contributed by atoms with E-state index < -0.39 is 0 Å². The van der Waals surface area contributed by atoms with Gasteiger partial charge >= 0.3 is 0 Å². The van der Waals surface area contributed by atoms with Gasteiger partial charge in [0.1, 0.15) is 12.4 Å². The van der Waals surface area contributed by atoms with Crippen LogP contribution in [0.3, 0.4) is 0 Å². The van der Waals surface area contributed by atoms with Crippen LogP contribution in [0.5, 0.6) is 5.75 Å². The van der Waals surface area contributed by atoms with Gasteiger partial charge in [0.05, 0.1) is 6.20 Å². The second-order valence-corrected chi connectivity index (χ2v) is 5.79. The molecule has 108 valence electrons. The number of carbonyl (C=O) groups is 1. The van der Waals surface area contributed by atoms with Gasteiger partial charge in [-0.15, -0.1) is 0 Å². The number of amides is 1. The van der Waals surface area contributed by atoms with Gasteiger partial charge in [0.25, 0.3) is 0 Å². The Bertz CT molecular complexity index is 488. The van der Waals surface area contributed by atoms with Crippen LogP contribution >= 0.6 is 0 Å². The fraction of sp³-hybridized carbons (Fsp3) is 0.600. The third-order valence-corrected chi connectivity index (χ3v) is 3.96. The summed E-state index contributed by atoms with van der Waals surface area (Å²) in [7, 11) is 0. The van der Waals surface area contributed by atoms with Gasteiger partial charge in [-0.1, -0.05) is 0 Å². The highest BCUT2D eigenvalue weighted by atomic mass is 16.5. The summed E-state index contributed by atoms with van der Waals surface area (Å²) in [4.78, 5) is 15.2. The van der Waals surface area contributed by atoms with Crippen LogP contribution in [0.2, 0.25) is 0 Å². The predicted octanol–water partition coefficient (Wildman–Crippen LogP) is 0.889. The maximum atomic E-state index is 11.0. The maximum absolute atomic E-state index is 11.0. The third-order valence-electron chi connectivity index (χ3n) is 3.96. The van der Waals surface area contributed by atoms with Crippen molar-refractivity contribution in [2.24, 2.45) is 5.92 Å². The molecule has 0 aromatic carbocycles. The summed E-state index contributed by atoms with van der Waals surface area (Å²) in [5, 5.41) is 6.27. The van der Waals surface area contributed by atoms with Gasteiger partial charge in [-0.25, -0.2) is 0 Å². The Balaban J connectivity index is 1.48. The SMILES string of the molecule is CC(=O)NC1CC1Cc1cncc(OCC2CCN2)c1. The summed E-state index contributed by atoms with van der Waals surface area (Å²) in [5.74, 6) is 1.44. The van der Waals surface area contributed by atoms with Crippen molar-refractivity contribution in [2.75, 3.05) is 13.2 Å². The first kappa shape index (κ1) is 13.4. The van der Waals surface area contributed by atoms with Crippen molar-refractivity contribution >= 4 is 5.91 Å². The van der Waals surface area contributed by atoms with Crippen molar-refractivity contribution in [3.05, 3.63) is 24.0 Å². The minimum absolute atomic E-state index is 0.0562. The number of pyridine rings is 1. The van der Waals surface area contributed by atoms with Crippen LogP contribution in [0, 0.1) is 5.92 Å². The molecule has 1 saturated carbocycles. The molecule has 20 heavy (non-hydrogen) atoms. The summed E-state index contributed by atoms with van der Waals surface area (Å²) in [5.41, 5.74) is 1.18. The van der Waals surface area contributed by atoms with Crippen molar-refractivity contribution in [3.63, 3.8) is 0 Å². The van der Waals surface area contributed by atoms with E-state index in [1.807, 2.05) is 6.20 Å². The monoisotopic (exact) mass is 275 g/mol. The summed E-state index contributed by atoms with van der Waals surface area (Å²) >= 11 is 0. The van der Waals surface area contributed by atoms with Gasteiger partial charge in [0, 0.05) is 25.2 Å². The highest BCUT2D eigenvalue weighted by Crippen LogP contribution is 2.34. The average Bonchev–Trinajstić information content (AvgIpc) is 3.04. The Morgan fingerprint density at radius 1 is 1.55 bits per heavy atom. The number of rotatable bonds is 6. The topological polar surface area (TPSA) is 63.2 Å². The molecule has 5 nitrogen and oxygen atoms in total. The maximum Gasteiger partial charge on any atom is 0.217 e. The van der Waals surface area contributed by atoms with Gasteiger partial charge in [0.2, 0.25) is 5.91 Å². The van der Waals surface area contributed by atoms with Crippen LogP contribution in [-0.2, 0) is 11.2 Å². The van der Waals surface area contributed by atoms with Gasteiger partial charge in [-0.3, -0.25) is 9.78 Å². The van der Waals surface area contributed by atoms with Gasteiger partial charge in [-0.2, -0.15) is 0 Å². The van der Waals surface area contributed by atoms with Crippen molar-refractivity contribution < 1.29 is 9.53 Å². The highest BCUT2D eigenvalue weighted by molar-refractivity contribution is 5.73. The Kier molecular flexibility index (Phi) is 3.87. The summed E-state index contributed by atoms with van der Waals surface area (Å²) in [6, 6.07) is 2.90. The highest BCUT2D eigenvalue weighted by Gasteiger charge is 2.37. The fourth-order valence-electron chi connectivity index (χ4n) is 2.56. The van der Waals surface area contributed by atoms with E-state index in [1.54, 1.807) is 13.1 Å². The minimum atomic E-state index is 0.0562. The first-order chi connectivity index (χ1) is 9.70. The molecule has 1 aliphatic carbocycles. The van der Waals surface area contributed by atoms with Crippen LogP contribution in [0.1, 0.15) is 25.3 Å². The molecule has 2 N–H and O–H groups in total. The molecule has 2 aliphatic rings. The van der Waals surface area contributed by atoms with E-state index in [-0.39, 0.29) is 5.91 Å². The fourth-order valence-corrected chi connectivity index (χ4v) is 2.56. The molecule has 0 bridgehead atoms. The molecule has 2 fully saturated rings. The predicted molar refractivity (Wildman–Crippen MR) is 75.6 cm³/mol. The minimum Gasteiger partial charge on any atom is -0.490 e. The molecule has 2 heterocycles. The van der Waals surface area contributed by atoms with Crippen molar-refractivity contribution in [3.8, 4) is 5.75 Å². The number of hydrogen-bond donors (Lipinski definition) is 2. The molecule has 3 unspecified atom stereocenters. The van der Waals surface area contributed by atoms with Crippen LogP contribution in [0.25, 0.3) is 0 Å². The Hall–Kier alpha value is -1.62. The second-order valence-electron chi connectivity index (χ2n) is 5.79. The third kappa shape index (κ3) is 3.48. The number of nitrogens with zero attached hydrogens (tertiary/aromatic N) is 1. The lowest BCUT2D eigenvalue weighted by Crippen LogP contribution is -2.46. The molecule has 3 rings (SSSR count). The molecule has 1 aromatic heterocycles. The normalized spacial score (nSPS) is 27.6. The van der Waals surface area contributed by atoms with Crippen LogP contribution in [0.4, 0.5) is 0 Å². The summed E-state index contributed by atoms with van der Waals surface area (Å²) < 4.78 is 5.75. The van der Waals surface area contributed by atoms with E-state index in [9.17, 15) is 4.79 Å². The zero-order chi connectivity index (χ0) is 13.9. The number of hydrogen-bond acceptors (Lipinski definition) is 4. The molecular formula is C15H21N3O2. The van der Waals surface area contributed by atoms with E-state index in [2.05, 4.69) is 21.7 Å². The van der Waals surface area contributed by atoms with E-state index in [0.717, 1.165) is 25.1 Å². The largest absolute Gasteiger partial charge is 0.490 e. The van der Waals surface area contributed by atoms with Gasteiger partial charge in [0.15, 0.2) is 0 Å². The molecule has 1 aromatic rings. The van der Waals surface area contributed by atoms with Crippen molar-refractivity contribution in [2.45, 2.75) is 38.3 Å². The molecule has 1 saturated heterocycles. The molecule has 0 spiro atoms. The Morgan fingerprint density at radius 3 is 3.10 bits per heavy atom. The van der Waals surface area contributed by atoms with Crippen LogP contribution < -0.4 is 15.4 Å². The van der Waals surface area contributed by atoms with Crippen LogP contribution in [0.15, 0.2) is 18.5 Å². The lowest BCUT2D eigenvalue weighted by atomic mass is 10.1. The van der Waals surface area contributed by atoms with E-state index in [4.69, 9.17) is 4.74 Å². The average molecular weight is 275 g/mol. The van der Waals surface area contributed by atoms with Crippen molar-refractivity contribution in [1.82, 2.24) is 15.6 Å². The zero-order valence-corrected chi connectivity index (χ0v) is 11.8. The molecule has 5 heteroatoms. The Labute approximate surface area is 119 Å². The molecule has 3 atom stereocenters. The zero-order valence-electron chi connectivity index (χ0n) is 11.8. The van der Waals surface area contributed by atoms with E-state index >= 15 is 0 Å². The molecular weight excluding hydrogens is 254 g/mol. The number of carbonyl (C=O) groups excluding carboxylic acids is 1. The van der Waals surface area contributed by atoms with Crippen LogP contribution in [-0.4, -0.2) is 36.1 Å². The van der Waals surface area contributed by atoms with E-state index in [1.165, 1.54) is 12.0 Å². The lowest BCUT2D eigenvalue weighted by molar-refractivity contribution is -0.119. The Morgan fingerprint density at radius 2 is 2.40 bits per heavy atom. The smallest absolute Gasteiger partial charge is 0.217 e. The second kappa shape index (κ2) is 5.79. The van der Waals surface area contributed by atoms with E-state index in [0.29, 0.717) is 24.6 Å². The number of ether oxygens (including phenoxy) is 1. The molecule has 0 radical (unpaired) electrons.